The molecule has 1 aliphatic rings. The smallest absolute Gasteiger partial charge is 0.326 e. The highest BCUT2D eigenvalue weighted by Gasteiger charge is 2.34. The van der Waals surface area contributed by atoms with Gasteiger partial charge in [0.15, 0.2) is 0 Å². The van der Waals surface area contributed by atoms with Gasteiger partial charge in [0, 0.05) is 50.0 Å². The van der Waals surface area contributed by atoms with Crippen molar-refractivity contribution in [1.82, 2.24) is 46.9 Å². The second kappa shape index (κ2) is 21.6. The van der Waals surface area contributed by atoms with Crippen molar-refractivity contribution in [2.45, 2.75) is 87.6 Å². The number of carboxylic acids is 1. The molecule has 2 aromatic heterocycles. The highest BCUT2D eigenvalue weighted by molar-refractivity contribution is 5.97. The zero-order valence-electron chi connectivity index (χ0n) is 31.0. The van der Waals surface area contributed by atoms with Gasteiger partial charge in [0.25, 0.3) is 0 Å². The number of aliphatic carboxylic acids is 1. The molecule has 0 aliphatic carbocycles. The lowest BCUT2D eigenvalue weighted by molar-refractivity contribution is -0.142. The van der Waals surface area contributed by atoms with Crippen molar-refractivity contribution < 1.29 is 48.9 Å². The van der Waals surface area contributed by atoms with Crippen LogP contribution < -0.4 is 37.6 Å². The topological polar surface area (TPSA) is 320 Å². The maximum absolute atomic E-state index is 13.9. The van der Waals surface area contributed by atoms with Crippen LogP contribution in [0.3, 0.4) is 0 Å². The Hall–Kier alpha value is -6.41. The maximum atomic E-state index is 13.9. The van der Waals surface area contributed by atoms with Crippen LogP contribution in [-0.2, 0) is 52.8 Å². The molecule has 6 amide bonds. The quantitative estimate of drug-likeness (QED) is 0.0468. The summed E-state index contributed by atoms with van der Waals surface area (Å²) in [5.41, 5.74) is 7.00. The van der Waals surface area contributed by atoms with Crippen molar-refractivity contribution in [2.75, 3.05) is 13.2 Å². The van der Waals surface area contributed by atoms with E-state index >= 15 is 0 Å². The number of unbranched alkanes of at least 4 members (excludes halogenated alkanes) is 1. The van der Waals surface area contributed by atoms with E-state index in [1.54, 1.807) is 12.1 Å². The van der Waals surface area contributed by atoms with E-state index in [-0.39, 0.29) is 50.2 Å². The molecule has 12 N–H and O–H groups in total. The number of aromatic hydroxyl groups is 1. The van der Waals surface area contributed by atoms with Gasteiger partial charge in [-0.2, -0.15) is 0 Å². The summed E-state index contributed by atoms with van der Waals surface area (Å²) in [6.07, 6.45) is 6.81. The summed E-state index contributed by atoms with van der Waals surface area (Å²) < 4.78 is 0. The molecule has 3 heterocycles. The minimum atomic E-state index is -1.66. The number of aromatic amines is 1. The van der Waals surface area contributed by atoms with E-state index in [2.05, 4.69) is 46.9 Å². The number of rotatable bonds is 22. The normalized spacial score (nSPS) is 16.2. The maximum Gasteiger partial charge on any atom is 0.326 e. The number of amides is 6. The number of phenols is 1. The Labute approximate surface area is 327 Å². The number of nitrogens with zero attached hydrogens (tertiary/aromatic N) is 2. The molecule has 0 radical (unpaired) electrons. The molecule has 6 atom stereocenters. The van der Waals surface area contributed by atoms with Crippen LogP contribution in [0.1, 0.15) is 48.9 Å². The van der Waals surface area contributed by atoms with Crippen LogP contribution in [0, 0.1) is 0 Å². The lowest BCUT2D eigenvalue weighted by atomic mass is 10.0. The number of hydrogen-bond acceptors (Lipinski definition) is 12. The fraction of sp³-hybridized carbons (Fsp3) is 0.432. The van der Waals surface area contributed by atoms with Crippen LogP contribution in [-0.4, -0.2) is 121 Å². The highest BCUT2D eigenvalue weighted by Crippen LogP contribution is 2.13. The number of hydrogen-bond donors (Lipinski definition) is 11. The minimum Gasteiger partial charge on any atom is -0.508 e. The number of H-pyrrole nitrogens is 1. The third-order valence-corrected chi connectivity index (χ3v) is 9.11. The first-order valence-corrected chi connectivity index (χ1v) is 18.4. The largest absolute Gasteiger partial charge is 0.508 e. The predicted molar refractivity (Wildman–Crippen MR) is 200 cm³/mol. The minimum absolute atomic E-state index is 0.0528. The SMILES string of the molecule is NCCCC[C@@H](NC(=O)[C@H](Cc1ccc(O)cc1)NC(=O)[C@H](CO)NC(=O)[C@@H](Cc1cccnc1)NC(=O)[C@H](Cc1cnc[nH]1)NC(=O)[C@@H]1CCC(=O)N1)C(=O)O. The van der Waals surface area contributed by atoms with Crippen LogP contribution in [0.5, 0.6) is 5.75 Å². The van der Waals surface area contributed by atoms with Crippen LogP contribution in [0.15, 0.2) is 61.3 Å². The predicted octanol–water partition coefficient (Wildman–Crippen LogP) is -2.55. The van der Waals surface area contributed by atoms with Gasteiger partial charge in [0.1, 0.15) is 42.0 Å². The van der Waals surface area contributed by atoms with Crippen molar-refractivity contribution in [3.8, 4) is 5.75 Å². The van der Waals surface area contributed by atoms with Gasteiger partial charge in [0.2, 0.25) is 35.4 Å². The lowest BCUT2D eigenvalue weighted by Gasteiger charge is -2.26. The molecule has 0 unspecified atom stereocenters. The summed E-state index contributed by atoms with van der Waals surface area (Å²) in [7, 11) is 0. The van der Waals surface area contributed by atoms with Gasteiger partial charge in [-0.1, -0.05) is 18.2 Å². The molecule has 1 aromatic carbocycles. The van der Waals surface area contributed by atoms with Gasteiger partial charge in [-0.3, -0.25) is 33.8 Å². The lowest BCUT2D eigenvalue weighted by Crippen LogP contribution is -2.60. The number of aliphatic hydroxyl groups excluding tert-OH is 1. The standard InChI is InChI=1S/C37H48N10O10/c38-12-2-1-5-26(37(56)57)43-33(52)27(14-21-6-8-24(49)9-7-21)45-36(55)30(19-48)47-34(53)28(15-22-4-3-13-39-17-22)44-35(54)29(16-23-18-40-20-41-23)46-32(51)25-10-11-31(50)42-25/h3-4,6-9,13,17-18,20,25-30,48-49H,1-2,5,10-12,14-16,19,38H2,(H,40,41)(H,42,50)(H,43,52)(H,44,54)(H,45,55)(H,46,51)(H,47,53)(H,56,57)/t25-,26+,27-,28+,29-,30-/m0/s1. The molecule has 20 heteroatoms. The number of carbonyl (C=O) groups excluding carboxylic acids is 6. The molecule has 306 valence electrons. The van der Waals surface area contributed by atoms with Crippen LogP contribution in [0.4, 0.5) is 0 Å². The van der Waals surface area contributed by atoms with Gasteiger partial charge < -0.3 is 57.9 Å². The number of aliphatic hydroxyl groups is 1. The van der Waals surface area contributed by atoms with E-state index < -0.39 is 78.4 Å². The molecule has 3 aromatic rings. The van der Waals surface area contributed by atoms with Crippen molar-refractivity contribution in [2.24, 2.45) is 5.73 Å². The molecule has 0 saturated carbocycles. The van der Waals surface area contributed by atoms with E-state index in [0.29, 0.717) is 36.2 Å². The van der Waals surface area contributed by atoms with E-state index in [9.17, 15) is 48.9 Å². The van der Waals surface area contributed by atoms with Gasteiger partial charge >= 0.3 is 5.97 Å². The Kier molecular flexibility index (Phi) is 16.4. The molecule has 1 saturated heterocycles. The van der Waals surface area contributed by atoms with Crippen LogP contribution >= 0.6 is 0 Å². The first-order valence-electron chi connectivity index (χ1n) is 18.4. The zero-order valence-corrected chi connectivity index (χ0v) is 31.0. The average molecular weight is 793 g/mol. The summed E-state index contributed by atoms with van der Waals surface area (Å²) in [6, 6.07) is 1.13. The number of phenolic OH excluding ortho intramolecular Hbond substituents is 1. The number of carboxylic acid groups (broad SMARTS) is 1. The Morgan fingerprint density at radius 3 is 1.93 bits per heavy atom. The molecule has 1 fully saturated rings. The van der Waals surface area contributed by atoms with E-state index in [4.69, 9.17) is 5.73 Å². The Morgan fingerprint density at radius 2 is 1.39 bits per heavy atom. The van der Waals surface area contributed by atoms with Crippen LogP contribution in [0.2, 0.25) is 0 Å². The third kappa shape index (κ3) is 13.7. The van der Waals surface area contributed by atoms with Crippen molar-refractivity contribution in [3.05, 3.63) is 78.1 Å². The van der Waals surface area contributed by atoms with E-state index in [1.807, 2.05) is 0 Å². The summed E-state index contributed by atoms with van der Waals surface area (Å²) >= 11 is 0. The molecule has 57 heavy (non-hydrogen) atoms. The fourth-order valence-corrected chi connectivity index (χ4v) is 5.98. The first-order chi connectivity index (χ1) is 27.4. The number of pyridine rings is 1. The summed E-state index contributed by atoms with van der Waals surface area (Å²) in [5, 5.41) is 44.9. The van der Waals surface area contributed by atoms with Gasteiger partial charge in [0.05, 0.1) is 12.9 Å². The zero-order chi connectivity index (χ0) is 41.3. The van der Waals surface area contributed by atoms with Gasteiger partial charge in [-0.15, -0.1) is 0 Å². The number of carbonyl (C=O) groups is 7. The fourth-order valence-electron chi connectivity index (χ4n) is 5.98. The molecule has 20 nitrogen and oxygen atoms in total. The van der Waals surface area contributed by atoms with E-state index in [1.165, 1.54) is 49.2 Å². The van der Waals surface area contributed by atoms with Crippen molar-refractivity contribution >= 4 is 41.4 Å². The molecule has 4 rings (SSSR count). The average Bonchev–Trinajstić information content (AvgIpc) is 3.88. The first kappa shape index (κ1) is 43.3. The third-order valence-electron chi connectivity index (χ3n) is 9.11. The van der Waals surface area contributed by atoms with Crippen LogP contribution in [0.25, 0.3) is 0 Å². The number of nitrogens with one attached hydrogen (secondary N) is 7. The van der Waals surface area contributed by atoms with Gasteiger partial charge in [-0.05, 0) is 61.6 Å². The summed E-state index contributed by atoms with van der Waals surface area (Å²) in [6.45, 7) is -0.619. The monoisotopic (exact) mass is 792 g/mol. The Bertz CT molecular complexity index is 1830. The molecule has 0 spiro atoms. The van der Waals surface area contributed by atoms with Gasteiger partial charge in [-0.25, -0.2) is 9.78 Å². The molecular weight excluding hydrogens is 744 g/mol. The number of aromatic nitrogens is 3. The molecule has 1 aliphatic heterocycles. The molecular formula is C37H48N10O10. The second-order valence-corrected chi connectivity index (χ2v) is 13.5. The van der Waals surface area contributed by atoms with E-state index in [0.717, 1.165) is 0 Å². The van der Waals surface area contributed by atoms with Crippen molar-refractivity contribution in [1.29, 1.82) is 0 Å². The molecule has 0 bridgehead atoms. The number of nitrogens with two attached hydrogens (primary N) is 1. The summed E-state index contributed by atoms with van der Waals surface area (Å²) in [5.74, 6) is -5.84. The number of imidazole rings is 1. The Balaban J connectivity index is 1.53. The number of benzene rings is 1. The second-order valence-electron chi connectivity index (χ2n) is 13.5. The van der Waals surface area contributed by atoms with Crippen molar-refractivity contribution in [3.63, 3.8) is 0 Å². The highest BCUT2D eigenvalue weighted by atomic mass is 16.4. The summed E-state index contributed by atoms with van der Waals surface area (Å²) in [4.78, 5) is 102. The Morgan fingerprint density at radius 1 is 0.772 bits per heavy atom.